The minimum Gasteiger partial charge on any atom is -0.389 e. The Morgan fingerprint density at radius 2 is 1.93 bits per heavy atom. The fourth-order valence-corrected chi connectivity index (χ4v) is 8.82. The van der Waals surface area contributed by atoms with Gasteiger partial charge in [0.2, 0.25) is 0 Å². The van der Waals surface area contributed by atoms with E-state index in [-0.39, 0.29) is 45.3 Å². The van der Waals surface area contributed by atoms with Crippen LogP contribution in [0.4, 0.5) is 0 Å². The quantitative estimate of drug-likeness (QED) is 0.735. The first-order valence-electron chi connectivity index (χ1n) is 11.3. The minimum atomic E-state index is -0.361. The van der Waals surface area contributed by atoms with Crippen molar-refractivity contribution in [3.8, 4) is 0 Å². The van der Waals surface area contributed by atoms with Crippen LogP contribution in [0.2, 0.25) is 0 Å². The summed E-state index contributed by atoms with van der Waals surface area (Å²) in [6, 6.07) is 0. The molecule has 0 saturated heterocycles. The first-order valence-corrected chi connectivity index (χ1v) is 12.2. The molecule has 0 unspecified atom stereocenters. The van der Waals surface area contributed by atoms with Gasteiger partial charge < -0.3 is 5.11 Å². The Morgan fingerprint density at radius 3 is 2.62 bits per heavy atom. The number of allylic oxidation sites excluding steroid dienone is 1. The third kappa shape index (κ3) is 3.27. The molecule has 0 aromatic carbocycles. The SMILES string of the molecule is CCC(=O)S[C@@H]1CC2=CC(=O)CC[C@]2(C)[C@H]2CC[C@]3(C)[C@@H](C(=O)CO)CC[C@H]3[C@H]12. The number of aliphatic hydroxyl groups excluding tert-OH is 1. The maximum atomic E-state index is 12.5. The fourth-order valence-electron chi connectivity index (χ4n) is 7.51. The summed E-state index contributed by atoms with van der Waals surface area (Å²) >= 11 is 1.50. The highest BCUT2D eigenvalue weighted by atomic mass is 32.2. The highest BCUT2D eigenvalue weighted by molar-refractivity contribution is 8.14. The van der Waals surface area contributed by atoms with Gasteiger partial charge in [0, 0.05) is 24.0 Å². The van der Waals surface area contributed by atoms with Crippen molar-refractivity contribution in [2.45, 2.75) is 77.4 Å². The zero-order valence-electron chi connectivity index (χ0n) is 17.9. The van der Waals surface area contributed by atoms with Crippen LogP contribution in [0.25, 0.3) is 0 Å². The molecule has 0 heterocycles. The molecule has 3 fully saturated rings. The van der Waals surface area contributed by atoms with Crippen molar-refractivity contribution < 1.29 is 19.5 Å². The number of rotatable bonds is 4. The maximum Gasteiger partial charge on any atom is 0.188 e. The number of fused-ring (bicyclic) bond motifs is 5. The number of thioether (sulfide) groups is 1. The van der Waals surface area contributed by atoms with Gasteiger partial charge in [0.05, 0.1) is 0 Å². The Morgan fingerprint density at radius 1 is 1.17 bits per heavy atom. The number of ketones is 2. The molecule has 1 N–H and O–H groups in total. The zero-order chi connectivity index (χ0) is 21.0. The molecule has 0 bridgehead atoms. The molecule has 0 aromatic rings. The standard InChI is InChI=1S/C24H34O4S/c1-4-21(28)29-20-12-14-11-15(26)7-9-23(14,2)18-8-10-24(3)16(19(27)13-25)5-6-17(24)22(18)20/h11,16-18,20,22,25H,4-10,12-13H2,1-3H3/t16-,17+,18+,20-,22+,23+,24-/m1/s1. The minimum absolute atomic E-state index is 0.00634. The van der Waals surface area contributed by atoms with E-state index in [0.29, 0.717) is 30.6 Å². The summed E-state index contributed by atoms with van der Waals surface area (Å²) in [6.45, 7) is 6.17. The monoisotopic (exact) mass is 418 g/mol. The Labute approximate surface area is 178 Å². The van der Waals surface area contributed by atoms with Gasteiger partial charge in [-0.1, -0.05) is 38.1 Å². The van der Waals surface area contributed by atoms with Gasteiger partial charge in [-0.15, -0.1) is 0 Å². The van der Waals surface area contributed by atoms with Gasteiger partial charge in [-0.25, -0.2) is 0 Å². The van der Waals surface area contributed by atoms with E-state index in [0.717, 1.165) is 38.5 Å². The van der Waals surface area contributed by atoms with Crippen molar-refractivity contribution in [1.82, 2.24) is 0 Å². The first kappa shape index (κ1) is 21.3. The summed E-state index contributed by atoms with van der Waals surface area (Å²) in [5.74, 6) is 1.47. The Bertz CT molecular complexity index is 758. The lowest BCUT2D eigenvalue weighted by Crippen LogP contribution is -2.55. The largest absolute Gasteiger partial charge is 0.389 e. The summed E-state index contributed by atoms with van der Waals surface area (Å²) < 4.78 is 0. The van der Waals surface area contributed by atoms with E-state index in [1.807, 2.05) is 13.0 Å². The van der Waals surface area contributed by atoms with E-state index in [1.165, 1.54) is 17.3 Å². The second-order valence-corrected chi connectivity index (χ2v) is 11.5. The van der Waals surface area contributed by atoms with Crippen LogP contribution in [-0.2, 0) is 14.4 Å². The number of hydrogen-bond acceptors (Lipinski definition) is 5. The molecule has 4 rings (SSSR count). The van der Waals surface area contributed by atoms with Crippen molar-refractivity contribution in [3.05, 3.63) is 11.6 Å². The number of carbonyl (C=O) groups is 3. The molecule has 3 saturated carbocycles. The third-order valence-electron chi connectivity index (χ3n) is 9.08. The van der Waals surface area contributed by atoms with Crippen LogP contribution in [0.3, 0.4) is 0 Å². The molecule has 0 amide bonds. The normalized spacial score (nSPS) is 43.8. The van der Waals surface area contributed by atoms with Gasteiger partial charge in [-0.2, -0.15) is 0 Å². The van der Waals surface area contributed by atoms with Crippen LogP contribution >= 0.6 is 11.8 Å². The Hall–Kier alpha value is -0.940. The van der Waals surface area contributed by atoms with Gasteiger partial charge in [0.15, 0.2) is 16.7 Å². The van der Waals surface area contributed by atoms with Crippen molar-refractivity contribution in [1.29, 1.82) is 0 Å². The lowest BCUT2D eigenvalue weighted by Gasteiger charge is -2.60. The van der Waals surface area contributed by atoms with E-state index in [2.05, 4.69) is 13.8 Å². The summed E-state index contributed by atoms with van der Waals surface area (Å²) in [4.78, 5) is 37.1. The fraction of sp³-hybridized carbons (Fsp3) is 0.792. The van der Waals surface area contributed by atoms with E-state index in [4.69, 9.17) is 0 Å². The molecule has 0 aliphatic heterocycles. The van der Waals surface area contributed by atoms with E-state index < -0.39 is 0 Å². The van der Waals surface area contributed by atoms with E-state index in [9.17, 15) is 19.5 Å². The molecular weight excluding hydrogens is 384 g/mol. The van der Waals surface area contributed by atoms with Gasteiger partial charge in [-0.05, 0) is 73.2 Å². The van der Waals surface area contributed by atoms with Crippen LogP contribution in [0, 0.1) is 34.5 Å². The van der Waals surface area contributed by atoms with Crippen LogP contribution in [0.15, 0.2) is 11.6 Å². The third-order valence-corrected chi connectivity index (χ3v) is 10.4. The summed E-state index contributed by atoms with van der Waals surface area (Å²) in [5.41, 5.74) is 1.24. The van der Waals surface area contributed by atoms with Crippen molar-refractivity contribution in [2.75, 3.05) is 6.61 Å². The van der Waals surface area contributed by atoms with Gasteiger partial charge >= 0.3 is 0 Å². The van der Waals surface area contributed by atoms with Gasteiger partial charge in [-0.3, -0.25) is 14.4 Å². The molecule has 4 aliphatic rings. The Balaban J connectivity index is 1.73. The number of Topliss-reactive ketones (excluding diaryl/α,β-unsaturated/α-hetero) is 1. The van der Waals surface area contributed by atoms with Crippen LogP contribution in [0.5, 0.6) is 0 Å². The van der Waals surface area contributed by atoms with Gasteiger partial charge in [0.1, 0.15) is 6.61 Å². The molecular formula is C24H34O4S. The molecule has 160 valence electrons. The predicted octanol–water partition coefficient (Wildman–Crippen LogP) is 4.34. The van der Waals surface area contributed by atoms with Crippen molar-refractivity contribution in [3.63, 3.8) is 0 Å². The molecule has 4 aliphatic carbocycles. The Kier molecular flexibility index (Phi) is 5.61. The van der Waals surface area contributed by atoms with Crippen molar-refractivity contribution in [2.24, 2.45) is 34.5 Å². The lowest BCUT2D eigenvalue weighted by molar-refractivity contribution is -0.133. The van der Waals surface area contributed by atoms with Gasteiger partial charge in [0.25, 0.3) is 0 Å². The highest BCUT2D eigenvalue weighted by Gasteiger charge is 2.62. The molecule has 4 nitrogen and oxygen atoms in total. The molecule has 0 spiro atoms. The molecule has 0 radical (unpaired) electrons. The van der Waals surface area contributed by atoms with Crippen LogP contribution < -0.4 is 0 Å². The zero-order valence-corrected chi connectivity index (χ0v) is 18.7. The summed E-state index contributed by atoms with van der Waals surface area (Å²) in [5, 5.41) is 9.95. The lowest BCUT2D eigenvalue weighted by atomic mass is 9.46. The number of hydrogen-bond donors (Lipinski definition) is 1. The summed E-state index contributed by atoms with van der Waals surface area (Å²) in [7, 11) is 0. The van der Waals surface area contributed by atoms with Crippen molar-refractivity contribution >= 4 is 28.4 Å². The smallest absolute Gasteiger partial charge is 0.188 e. The second-order valence-electron chi connectivity index (χ2n) is 10.2. The van der Waals surface area contributed by atoms with E-state index in [1.54, 1.807) is 0 Å². The molecule has 0 aromatic heterocycles. The average Bonchev–Trinajstić information content (AvgIpc) is 3.05. The topological polar surface area (TPSA) is 71.4 Å². The number of aliphatic hydroxyl groups is 1. The van der Waals surface area contributed by atoms with Crippen LogP contribution in [-0.4, -0.2) is 33.6 Å². The summed E-state index contributed by atoms with van der Waals surface area (Å²) in [6.07, 6.45) is 8.72. The maximum absolute atomic E-state index is 12.5. The second kappa shape index (κ2) is 7.64. The van der Waals surface area contributed by atoms with Crippen LogP contribution in [0.1, 0.15) is 72.1 Å². The predicted molar refractivity (Wildman–Crippen MR) is 114 cm³/mol. The molecule has 7 atom stereocenters. The first-order chi connectivity index (χ1) is 13.7. The highest BCUT2D eigenvalue weighted by Crippen LogP contribution is 2.68. The number of carbonyl (C=O) groups excluding carboxylic acids is 3. The molecule has 29 heavy (non-hydrogen) atoms. The van der Waals surface area contributed by atoms with E-state index >= 15 is 0 Å². The average molecular weight is 419 g/mol. The molecule has 5 heteroatoms.